The van der Waals surface area contributed by atoms with Crippen LogP contribution in [0, 0.1) is 16.7 Å². The summed E-state index contributed by atoms with van der Waals surface area (Å²) in [5.74, 6) is -0.0387. The maximum Gasteiger partial charge on any atom is 0.287 e. The Morgan fingerprint density at radius 3 is 2.54 bits per heavy atom. The summed E-state index contributed by atoms with van der Waals surface area (Å²) < 4.78 is 29.5. The first-order valence-corrected chi connectivity index (χ1v) is 16.1. The average molecular weight is 567 g/mol. The third-order valence-corrected chi connectivity index (χ3v) is 10.8. The van der Waals surface area contributed by atoms with Crippen LogP contribution in [0.4, 0.5) is 5.13 Å². The number of Topliss-reactive ketones (excluding diaryl/α,β-unsaturated/α-hetero) is 1. The van der Waals surface area contributed by atoms with Gasteiger partial charge in [-0.2, -0.15) is 5.26 Å². The van der Waals surface area contributed by atoms with Gasteiger partial charge < -0.3 is 14.6 Å². The quantitative estimate of drug-likeness (QED) is 0.442. The highest BCUT2D eigenvalue weighted by Crippen LogP contribution is 2.49. The minimum Gasteiger partial charge on any atom is -0.451 e. The summed E-state index contributed by atoms with van der Waals surface area (Å²) in [6.07, 6.45) is 5.58. The molecule has 1 saturated heterocycles. The number of sulfone groups is 1. The molecular weight excluding hydrogens is 536 g/mol. The summed E-state index contributed by atoms with van der Waals surface area (Å²) in [6.45, 7) is 0.874. The van der Waals surface area contributed by atoms with Gasteiger partial charge in [-0.05, 0) is 37.8 Å². The van der Waals surface area contributed by atoms with Gasteiger partial charge in [-0.15, -0.1) is 11.3 Å². The van der Waals surface area contributed by atoms with Crippen LogP contribution in [0.25, 0.3) is 22.2 Å². The van der Waals surface area contributed by atoms with Crippen LogP contribution in [-0.2, 0) is 14.6 Å². The number of thiazole rings is 1. The smallest absolute Gasteiger partial charge is 0.287 e. The van der Waals surface area contributed by atoms with E-state index in [1.165, 1.54) is 11.3 Å². The van der Waals surface area contributed by atoms with Gasteiger partial charge in [0.15, 0.2) is 26.5 Å². The number of benzene rings is 1. The number of rotatable bonds is 7. The van der Waals surface area contributed by atoms with Gasteiger partial charge in [-0.1, -0.05) is 31.4 Å². The summed E-state index contributed by atoms with van der Waals surface area (Å²) in [5, 5.41) is 16.0. The fourth-order valence-electron chi connectivity index (χ4n) is 5.61. The second kappa shape index (κ2) is 9.75. The monoisotopic (exact) mass is 566 g/mol. The van der Waals surface area contributed by atoms with Gasteiger partial charge in [-0.3, -0.25) is 9.59 Å². The maximum atomic E-state index is 13.4. The summed E-state index contributed by atoms with van der Waals surface area (Å²) in [7, 11) is -2.96. The Hall–Kier alpha value is -3.23. The molecule has 3 fully saturated rings. The molecule has 1 aromatic carbocycles. The van der Waals surface area contributed by atoms with Gasteiger partial charge in [0.2, 0.25) is 0 Å². The highest BCUT2D eigenvalue weighted by molar-refractivity contribution is 7.91. The molecule has 0 spiro atoms. The topological polar surface area (TPSA) is 133 Å². The number of furan rings is 1. The number of anilines is 1. The molecule has 204 valence electrons. The molecule has 1 amide bonds. The number of nitrogens with zero attached hydrogens (tertiary/aromatic N) is 3. The molecule has 11 heteroatoms. The first-order chi connectivity index (χ1) is 18.7. The third kappa shape index (κ3) is 5.20. The molecule has 0 unspecified atom stereocenters. The Kier molecular flexibility index (Phi) is 6.50. The number of nitriles is 1. The normalized spacial score (nSPS) is 21.3. The van der Waals surface area contributed by atoms with Crippen LogP contribution in [0.2, 0.25) is 0 Å². The van der Waals surface area contributed by atoms with Crippen molar-refractivity contribution in [2.45, 2.75) is 56.9 Å². The average Bonchev–Trinajstić information content (AvgIpc) is 3.32. The number of carbonyl (C=O) groups excluding carboxylic acids is 2. The van der Waals surface area contributed by atoms with Gasteiger partial charge in [0.05, 0.1) is 34.2 Å². The standard InChI is InChI=1S/C28H30N4O5S2/c29-18-27(8-9-27)16-24(33)28(6-2-1-3-7-28)31-25(34)23-15-20-5-4-19(14-22(20)37-23)21-17-38-26(30-21)32-10-12-39(35,36)13-11-32/h4-5,14-15,17H,1-3,6-13,16H2,(H,31,34). The number of carbonyl (C=O) groups is 2. The molecule has 3 heterocycles. The van der Waals surface area contributed by atoms with Crippen molar-refractivity contribution in [2.24, 2.45) is 5.41 Å². The van der Waals surface area contributed by atoms with Gasteiger partial charge >= 0.3 is 0 Å². The SMILES string of the molecule is N#CC1(CC(=O)C2(NC(=O)c3cc4ccc(-c5csc(N6CCS(=O)(=O)CC6)n5)cc4o3)CCCCC2)CC1. The zero-order valence-corrected chi connectivity index (χ0v) is 23.2. The maximum absolute atomic E-state index is 13.4. The molecule has 9 nitrogen and oxygen atoms in total. The van der Waals surface area contributed by atoms with E-state index in [4.69, 9.17) is 9.40 Å². The molecule has 3 aromatic rings. The van der Waals surface area contributed by atoms with Crippen LogP contribution in [0.15, 0.2) is 34.1 Å². The molecule has 0 bridgehead atoms. The Morgan fingerprint density at radius 1 is 1.10 bits per heavy atom. The van der Waals surface area contributed by atoms with Crippen molar-refractivity contribution in [3.63, 3.8) is 0 Å². The Labute approximate surface area is 231 Å². The molecule has 0 radical (unpaired) electrons. The van der Waals surface area contributed by atoms with Crippen LogP contribution in [-0.4, -0.2) is 55.2 Å². The number of ketones is 1. The number of nitrogens with one attached hydrogen (secondary N) is 1. The molecule has 3 aliphatic rings. The molecule has 2 saturated carbocycles. The third-order valence-electron chi connectivity index (χ3n) is 8.33. The van der Waals surface area contributed by atoms with Crippen molar-refractivity contribution in [1.29, 1.82) is 5.26 Å². The molecule has 2 aromatic heterocycles. The molecule has 1 N–H and O–H groups in total. The molecule has 2 aliphatic carbocycles. The summed E-state index contributed by atoms with van der Waals surface area (Å²) in [4.78, 5) is 33.4. The van der Waals surface area contributed by atoms with Crippen molar-refractivity contribution in [3.8, 4) is 17.3 Å². The molecular formula is C28H30N4O5S2. The summed E-state index contributed by atoms with van der Waals surface area (Å²) in [5.41, 5.74) is 0.633. The van der Waals surface area contributed by atoms with E-state index in [1.807, 2.05) is 28.5 Å². The van der Waals surface area contributed by atoms with Crippen LogP contribution in [0.3, 0.4) is 0 Å². The van der Waals surface area contributed by atoms with Crippen molar-refractivity contribution in [1.82, 2.24) is 10.3 Å². The number of amides is 1. The zero-order chi connectivity index (χ0) is 27.3. The van der Waals surface area contributed by atoms with E-state index in [-0.39, 0.29) is 29.5 Å². The van der Waals surface area contributed by atoms with Crippen LogP contribution < -0.4 is 10.2 Å². The number of aromatic nitrogens is 1. The van der Waals surface area contributed by atoms with E-state index in [9.17, 15) is 23.3 Å². The fraction of sp³-hybridized carbons (Fsp3) is 0.500. The molecule has 1 aliphatic heterocycles. The lowest BCUT2D eigenvalue weighted by Crippen LogP contribution is -2.56. The summed E-state index contributed by atoms with van der Waals surface area (Å²) in [6, 6.07) is 9.63. The Morgan fingerprint density at radius 2 is 1.85 bits per heavy atom. The molecule has 39 heavy (non-hydrogen) atoms. The van der Waals surface area contributed by atoms with Crippen LogP contribution in [0.1, 0.15) is 61.9 Å². The summed E-state index contributed by atoms with van der Waals surface area (Å²) >= 11 is 1.47. The first-order valence-electron chi connectivity index (χ1n) is 13.4. The highest BCUT2D eigenvalue weighted by Gasteiger charge is 2.50. The van der Waals surface area contributed by atoms with Crippen molar-refractivity contribution >= 4 is 49.0 Å². The minimum absolute atomic E-state index is 0.0429. The van der Waals surface area contributed by atoms with E-state index in [1.54, 1.807) is 6.07 Å². The fourth-order valence-corrected chi connectivity index (χ4v) is 7.70. The van der Waals surface area contributed by atoms with Gasteiger partial charge in [0.1, 0.15) is 5.58 Å². The van der Waals surface area contributed by atoms with Crippen molar-refractivity contribution in [2.75, 3.05) is 29.5 Å². The lowest BCUT2D eigenvalue weighted by atomic mass is 9.75. The Balaban J connectivity index is 1.20. The zero-order valence-electron chi connectivity index (χ0n) is 21.6. The van der Waals surface area contributed by atoms with Gasteiger partial charge in [0.25, 0.3) is 5.91 Å². The number of hydrogen-bond donors (Lipinski definition) is 1. The molecule has 6 rings (SSSR count). The molecule has 0 atom stereocenters. The van der Waals surface area contributed by atoms with E-state index in [0.717, 1.165) is 53.9 Å². The second-order valence-corrected chi connectivity index (χ2v) is 14.2. The van der Waals surface area contributed by atoms with E-state index in [0.29, 0.717) is 31.5 Å². The number of fused-ring (bicyclic) bond motifs is 1. The highest BCUT2D eigenvalue weighted by atomic mass is 32.2. The van der Waals surface area contributed by atoms with E-state index < -0.39 is 26.7 Å². The second-order valence-electron chi connectivity index (χ2n) is 11.1. The van der Waals surface area contributed by atoms with Gasteiger partial charge in [-0.25, -0.2) is 13.4 Å². The van der Waals surface area contributed by atoms with E-state index in [2.05, 4.69) is 11.4 Å². The van der Waals surface area contributed by atoms with Crippen LogP contribution in [0.5, 0.6) is 0 Å². The van der Waals surface area contributed by atoms with E-state index >= 15 is 0 Å². The van der Waals surface area contributed by atoms with Crippen LogP contribution >= 0.6 is 11.3 Å². The van der Waals surface area contributed by atoms with Crippen molar-refractivity contribution < 1.29 is 22.4 Å². The largest absolute Gasteiger partial charge is 0.451 e. The van der Waals surface area contributed by atoms with Gasteiger partial charge in [0, 0.05) is 35.8 Å². The lowest BCUT2D eigenvalue weighted by molar-refractivity contribution is -0.127. The Bertz CT molecular complexity index is 1580. The predicted molar refractivity (Wildman–Crippen MR) is 148 cm³/mol. The lowest BCUT2D eigenvalue weighted by Gasteiger charge is -2.37. The number of hydrogen-bond acceptors (Lipinski definition) is 9. The van der Waals surface area contributed by atoms with Crippen molar-refractivity contribution in [3.05, 3.63) is 35.4 Å². The minimum atomic E-state index is -2.96. The first kappa shape index (κ1) is 26.0. The predicted octanol–water partition coefficient (Wildman–Crippen LogP) is 4.49.